The molecule has 1 aromatic rings. The van der Waals surface area contributed by atoms with Crippen LogP contribution in [-0.4, -0.2) is 60.9 Å². The highest BCUT2D eigenvalue weighted by Crippen LogP contribution is 2.42. The maximum absolute atomic E-state index is 12.9. The molecule has 140 valence electrons. The molecule has 1 saturated heterocycles. The van der Waals surface area contributed by atoms with E-state index in [9.17, 15) is 9.59 Å². The second kappa shape index (κ2) is 7.41. The van der Waals surface area contributed by atoms with Crippen LogP contribution in [0, 0.1) is 0 Å². The van der Waals surface area contributed by atoms with Gasteiger partial charge < -0.3 is 9.80 Å². The maximum Gasteiger partial charge on any atom is 0.242 e. The fourth-order valence-electron chi connectivity index (χ4n) is 3.78. The highest BCUT2D eigenvalue weighted by molar-refractivity contribution is 6.31. The van der Waals surface area contributed by atoms with E-state index in [4.69, 9.17) is 11.6 Å². The van der Waals surface area contributed by atoms with Crippen LogP contribution in [0.1, 0.15) is 25.8 Å². The number of fused-ring (bicyclic) bond motifs is 1. The van der Waals surface area contributed by atoms with E-state index in [1.807, 2.05) is 37.0 Å². The van der Waals surface area contributed by atoms with Gasteiger partial charge in [-0.15, -0.1) is 6.58 Å². The van der Waals surface area contributed by atoms with Crippen LogP contribution in [0.5, 0.6) is 0 Å². The van der Waals surface area contributed by atoms with Crippen molar-refractivity contribution >= 4 is 29.1 Å². The number of amides is 2. The first-order valence-corrected chi connectivity index (χ1v) is 9.45. The fourth-order valence-corrected chi connectivity index (χ4v) is 3.96. The molecule has 0 N–H and O–H groups in total. The first-order chi connectivity index (χ1) is 12.3. The van der Waals surface area contributed by atoms with Crippen molar-refractivity contribution in [2.24, 2.45) is 0 Å². The largest absolute Gasteiger partial charge is 0.340 e. The molecule has 0 unspecified atom stereocenters. The summed E-state index contributed by atoms with van der Waals surface area (Å²) in [6.45, 7) is 11.7. The normalized spacial score (nSPS) is 20.0. The fraction of sp³-hybridized carbons (Fsp3) is 0.500. The number of rotatable bonds is 4. The van der Waals surface area contributed by atoms with Gasteiger partial charge in [-0.05, 0) is 44.0 Å². The second-order valence-electron chi connectivity index (χ2n) is 7.50. The second-order valence-corrected chi connectivity index (χ2v) is 7.94. The van der Waals surface area contributed by atoms with Crippen LogP contribution >= 0.6 is 11.6 Å². The van der Waals surface area contributed by atoms with E-state index >= 15 is 0 Å². The molecule has 0 aromatic heterocycles. The Balaban J connectivity index is 1.74. The van der Waals surface area contributed by atoms with Crippen LogP contribution in [-0.2, 0) is 15.0 Å². The number of hydrogen-bond acceptors (Lipinski definition) is 3. The average molecular weight is 376 g/mol. The summed E-state index contributed by atoms with van der Waals surface area (Å²) in [6.07, 6.45) is 2.83. The number of benzene rings is 1. The zero-order valence-corrected chi connectivity index (χ0v) is 16.3. The molecule has 0 aliphatic carbocycles. The molecular formula is C20H26ClN3O2. The van der Waals surface area contributed by atoms with E-state index in [2.05, 4.69) is 11.5 Å². The average Bonchev–Trinajstić information content (AvgIpc) is 2.78. The Labute approximate surface area is 160 Å². The topological polar surface area (TPSA) is 43.9 Å². The van der Waals surface area contributed by atoms with Crippen LogP contribution < -0.4 is 4.90 Å². The van der Waals surface area contributed by atoms with E-state index < -0.39 is 5.41 Å². The summed E-state index contributed by atoms with van der Waals surface area (Å²) in [5, 5.41) is 0.604. The van der Waals surface area contributed by atoms with Crippen molar-refractivity contribution in [2.45, 2.75) is 25.7 Å². The van der Waals surface area contributed by atoms with E-state index in [0.29, 0.717) is 11.6 Å². The predicted octanol–water partition coefficient (Wildman–Crippen LogP) is 2.68. The summed E-state index contributed by atoms with van der Waals surface area (Å²) in [6, 6.07) is 5.44. The number of nitrogens with zero attached hydrogens (tertiary/aromatic N) is 3. The van der Waals surface area contributed by atoms with E-state index in [0.717, 1.165) is 43.9 Å². The Morgan fingerprint density at radius 1 is 1.27 bits per heavy atom. The first-order valence-electron chi connectivity index (χ1n) is 9.07. The molecule has 3 rings (SSSR count). The Morgan fingerprint density at radius 2 is 2.04 bits per heavy atom. The van der Waals surface area contributed by atoms with E-state index in [1.165, 1.54) is 0 Å². The Morgan fingerprint density at radius 3 is 2.77 bits per heavy atom. The third-order valence-corrected chi connectivity index (χ3v) is 5.56. The molecule has 2 aliphatic heterocycles. The minimum absolute atomic E-state index is 0.00240. The third kappa shape index (κ3) is 3.51. The summed E-state index contributed by atoms with van der Waals surface area (Å²) in [5.74, 6) is -0.0522. The van der Waals surface area contributed by atoms with Crippen LogP contribution in [0.25, 0.3) is 0 Å². The lowest BCUT2D eigenvalue weighted by molar-refractivity contribution is -0.131. The van der Waals surface area contributed by atoms with Crippen molar-refractivity contribution in [3.8, 4) is 0 Å². The SMILES string of the molecule is C=CCN1CCCN(C(=O)CN2C(=O)C(C)(C)c3cc(Cl)ccc32)CC1. The Bertz CT molecular complexity index is 732. The number of hydrogen-bond donors (Lipinski definition) is 0. The summed E-state index contributed by atoms with van der Waals surface area (Å²) in [4.78, 5) is 31.6. The molecule has 6 heteroatoms. The lowest BCUT2D eigenvalue weighted by Crippen LogP contribution is -2.45. The predicted molar refractivity (Wildman–Crippen MR) is 105 cm³/mol. The highest BCUT2D eigenvalue weighted by atomic mass is 35.5. The van der Waals surface area contributed by atoms with Gasteiger partial charge in [0, 0.05) is 43.4 Å². The first kappa shape index (κ1) is 18.9. The Hall–Kier alpha value is -1.85. The van der Waals surface area contributed by atoms with E-state index in [-0.39, 0.29) is 18.4 Å². The summed E-state index contributed by atoms with van der Waals surface area (Å²) in [7, 11) is 0. The van der Waals surface area contributed by atoms with Crippen LogP contribution in [0.3, 0.4) is 0 Å². The molecule has 1 fully saturated rings. The van der Waals surface area contributed by atoms with Gasteiger partial charge in [-0.3, -0.25) is 14.5 Å². The van der Waals surface area contributed by atoms with Crippen molar-refractivity contribution in [3.63, 3.8) is 0 Å². The molecule has 26 heavy (non-hydrogen) atoms. The zero-order chi connectivity index (χ0) is 18.9. The number of anilines is 1. The van der Waals surface area contributed by atoms with Crippen LogP contribution in [0.15, 0.2) is 30.9 Å². The lowest BCUT2D eigenvalue weighted by Gasteiger charge is -2.25. The summed E-state index contributed by atoms with van der Waals surface area (Å²) < 4.78 is 0. The van der Waals surface area contributed by atoms with Gasteiger partial charge in [-0.2, -0.15) is 0 Å². The molecule has 0 bridgehead atoms. The quantitative estimate of drug-likeness (QED) is 0.760. The molecular weight excluding hydrogens is 350 g/mol. The van der Waals surface area contributed by atoms with Crippen LogP contribution in [0.4, 0.5) is 5.69 Å². The van der Waals surface area contributed by atoms with Gasteiger partial charge >= 0.3 is 0 Å². The van der Waals surface area contributed by atoms with Crippen LogP contribution in [0.2, 0.25) is 5.02 Å². The smallest absolute Gasteiger partial charge is 0.242 e. The van der Waals surface area contributed by atoms with E-state index in [1.54, 1.807) is 11.0 Å². The molecule has 0 radical (unpaired) electrons. The van der Waals surface area contributed by atoms with Gasteiger partial charge in [0.15, 0.2) is 0 Å². The molecule has 0 spiro atoms. The standard InChI is InChI=1S/C20H26ClN3O2/c1-4-8-22-9-5-10-23(12-11-22)18(25)14-24-17-7-6-15(21)13-16(17)20(2,3)19(24)26/h4,6-7,13H,1,5,8-12,14H2,2-3H3. The van der Waals surface area contributed by atoms with Gasteiger partial charge in [0.1, 0.15) is 6.54 Å². The Kier molecular flexibility index (Phi) is 5.39. The van der Waals surface area contributed by atoms with Gasteiger partial charge in [0.2, 0.25) is 11.8 Å². The lowest BCUT2D eigenvalue weighted by atomic mass is 9.86. The monoisotopic (exact) mass is 375 g/mol. The minimum atomic E-state index is -0.667. The third-order valence-electron chi connectivity index (χ3n) is 5.32. The molecule has 1 aromatic carbocycles. The van der Waals surface area contributed by atoms with Gasteiger partial charge in [-0.25, -0.2) is 0 Å². The number of carbonyl (C=O) groups is 2. The molecule has 2 aliphatic rings. The maximum atomic E-state index is 12.9. The summed E-state index contributed by atoms with van der Waals surface area (Å²) >= 11 is 6.11. The molecule has 0 saturated carbocycles. The highest BCUT2D eigenvalue weighted by Gasteiger charge is 2.44. The minimum Gasteiger partial charge on any atom is -0.340 e. The number of carbonyl (C=O) groups excluding carboxylic acids is 2. The molecule has 5 nitrogen and oxygen atoms in total. The zero-order valence-electron chi connectivity index (χ0n) is 15.5. The van der Waals surface area contributed by atoms with Gasteiger partial charge in [-0.1, -0.05) is 17.7 Å². The van der Waals surface area contributed by atoms with Crippen molar-refractivity contribution in [1.82, 2.24) is 9.80 Å². The summed E-state index contributed by atoms with van der Waals surface area (Å²) in [5.41, 5.74) is 1.01. The van der Waals surface area contributed by atoms with Gasteiger partial charge in [0.25, 0.3) is 0 Å². The van der Waals surface area contributed by atoms with Crippen molar-refractivity contribution in [1.29, 1.82) is 0 Å². The molecule has 2 heterocycles. The molecule has 0 atom stereocenters. The van der Waals surface area contributed by atoms with Crippen molar-refractivity contribution in [2.75, 3.05) is 44.2 Å². The van der Waals surface area contributed by atoms with Crippen molar-refractivity contribution < 1.29 is 9.59 Å². The van der Waals surface area contributed by atoms with Crippen molar-refractivity contribution in [3.05, 3.63) is 41.4 Å². The molecule has 2 amide bonds. The van der Waals surface area contributed by atoms with Gasteiger partial charge in [0.05, 0.1) is 5.41 Å². The number of halogens is 1.